The summed E-state index contributed by atoms with van der Waals surface area (Å²) >= 11 is 0. The van der Waals surface area contributed by atoms with Crippen LogP contribution in [0.1, 0.15) is 83.7 Å². The molecule has 0 aliphatic carbocycles. The molecular formula is C25H36O4S. The monoisotopic (exact) mass is 432 g/mol. The molecule has 2 aromatic rings. The summed E-state index contributed by atoms with van der Waals surface area (Å²) < 4.78 is 32.0. The van der Waals surface area contributed by atoms with E-state index < -0.39 is 16.2 Å². The van der Waals surface area contributed by atoms with Crippen LogP contribution in [0.25, 0.3) is 0 Å². The molecule has 0 radical (unpaired) electrons. The Morgan fingerprint density at radius 3 is 1.77 bits per heavy atom. The highest BCUT2D eigenvalue weighted by Crippen LogP contribution is 2.43. The lowest BCUT2D eigenvalue weighted by molar-refractivity contribution is 0.161. The van der Waals surface area contributed by atoms with E-state index in [0.717, 1.165) is 16.7 Å². The number of hydrogen-bond acceptors (Lipinski definition) is 4. The van der Waals surface area contributed by atoms with E-state index in [1.165, 1.54) is 0 Å². The van der Waals surface area contributed by atoms with Crippen LogP contribution in [0.3, 0.4) is 0 Å². The van der Waals surface area contributed by atoms with Crippen LogP contribution in [0, 0.1) is 12.8 Å². The van der Waals surface area contributed by atoms with E-state index in [1.807, 2.05) is 67.5 Å². The molecule has 0 fully saturated rings. The number of phenolic OH excluding ortho intramolecular Hbond substituents is 1. The highest BCUT2D eigenvalue weighted by atomic mass is 32.2. The van der Waals surface area contributed by atoms with E-state index >= 15 is 0 Å². The maximum atomic E-state index is 13.1. The van der Waals surface area contributed by atoms with E-state index in [9.17, 15) is 13.5 Å². The van der Waals surface area contributed by atoms with Gasteiger partial charge in [0.2, 0.25) is 0 Å². The molecular weight excluding hydrogens is 396 g/mol. The number of hydrogen-bond donors (Lipinski definition) is 1. The van der Waals surface area contributed by atoms with E-state index in [2.05, 4.69) is 0 Å². The summed E-state index contributed by atoms with van der Waals surface area (Å²) in [7, 11) is -3.95. The van der Waals surface area contributed by atoms with Crippen molar-refractivity contribution in [2.45, 2.75) is 84.1 Å². The molecule has 30 heavy (non-hydrogen) atoms. The van der Waals surface area contributed by atoms with Gasteiger partial charge in [0, 0.05) is 0 Å². The third kappa shape index (κ3) is 5.25. The molecule has 0 saturated heterocycles. The van der Waals surface area contributed by atoms with Gasteiger partial charge in [-0.15, -0.1) is 0 Å². The van der Waals surface area contributed by atoms with E-state index in [1.54, 1.807) is 31.2 Å². The van der Waals surface area contributed by atoms with Crippen LogP contribution in [-0.4, -0.2) is 13.5 Å². The van der Waals surface area contributed by atoms with E-state index in [4.69, 9.17) is 4.18 Å². The van der Waals surface area contributed by atoms with Gasteiger partial charge < -0.3 is 5.11 Å². The smallest absolute Gasteiger partial charge is 0.297 e. The van der Waals surface area contributed by atoms with Gasteiger partial charge in [-0.25, -0.2) is 0 Å². The summed E-state index contributed by atoms with van der Waals surface area (Å²) in [5.74, 6) is 0.178. The van der Waals surface area contributed by atoms with Gasteiger partial charge in [0.1, 0.15) is 11.9 Å². The Labute approximate surface area is 182 Å². The predicted octanol–water partition coefficient (Wildman–Crippen LogP) is 6.40. The molecule has 4 nitrogen and oxygen atoms in total. The van der Waals surface area contributed by atoms with Crippen LogP contribution in [0.4, 0.5) is 0 Å². The Balaban J connectivity index is 2.67. The standard InChI is InChI=1S/C25H36O4S/c1-16(2)23(29-30(27,28)21-13-11-10-12-17(21)3)18-14-19(24(4,5)6)22(26)20(15-18)25(7,8)9/h10-16,23,26H,1-9H3. The van der Waals surface area contributed by atoms with Gasteiger partial charge >= 0.3 is 0 Å². The second-order valence-corrected chi connectivity index (χ2v) is 12.0. The Morgan fingerprint density at radius 1 is 0.900 bits per heavy atom. The molecule has 166 valence electrons. The molecule has 0 aromatic heterocycles. The average molecular weight is 433 g/mol. The second kappa shape index (κ2) is 8.35. The van der Waals surface area contributed by atoms with Gasteiger partial charge in [-0.2, -0.15) is 8.42 Å². The van der Waals surface area contributed by atoms with E-state index in [0.29, 0.717) is 5.56 Å². The molecule has 0 amide bonds. The third-order valence-electron chi connectivity index (χ3n) is 5.28. The molecule has 0 heterocycles. The summed E-state index contributed by atoms with van der Waals surface area (Å²) in [6.07, 6.45) is -0.669. The highest BCUT2D eigenvalue weighted by molar-refractivity contribution is 7.86. The number of rotatable bonds is 5. The van der Waals surface area contributed by atoms with Gasteiger partial charge in [-0.05, 0) is 64.1 Å². The van der Waals surface area contributed by atoms with Crippen LogP contribution in [0.2, 0.25) is 0 Å². The zero-order valence-corrected chi connectivity index (χ0v) is 20.5. The van der Waals surface area contributed by atoms with Gasteiger partial charge in [0.25, 0.3) is 10.1 Å². The van der Waals surface area contributed by atoms with Crippen LogP contribution < -0.4 is 0 Å². The maximum Gasteiger partial charge on any atom is 0.297 e. The topological polar surface area (TPSA) is 63.6 Å². The molecule has 1 atom stereocenters. The molecule has 1 N–H and O–H groups in total. The summed E-state index contributed by atoms with van der Waals surface area (Å²) in [5, 5.41) is 11.0. The maximum absolute atomic E-state index is 13.1. The first-order chi connectivity index (χ1) is 13.6. The average Bonchev–Trinajstić information content (AvgIpc) is 2.58. The summed E-state index contributed by atoms with van der Waals surface area (Å²) in [6.45, 7) is 17.9. The first kappa shape index (κ1) is 24.4. The number of aryl methyl sites for hydroxylation is 1. The fourth-order valence-electron chi connectivity index (χ4n) is 3.54. The van der Waals surface area contributed by atoms with Gasteiger partial charge in [0.05, 0.1) is 4.90 Å². The lowest BCUT2D eigenvalue weighted by Crippen LogP contribution is -2.22. The molecule has 0 aliphatic rings. The van der Waals surface area contributed by atoms with Crippen molar-refractivity contribution in [3.8, 4) is 5.75 Å². The number of benzene rings is 2. The lowest BCUT2D eigenvalue weighted by Gasteiger charge is -2.30. The molecule has 5 heteroatoms. The third-order valence-corrected chi connectivity index (χ3v) is 6.73. The normalized spacial score (nSPS) is 14.2. The quantitative estimate of drug-likeness (QED) is 0.555. The van der Waals surface area contributed by atoms with Crippen molar-refractivity contribution in [3.05, 3.63) is 58.7 Å². The van der Waals surface area contributed by atoms with Crippen LogP contribution in [-0.2, 0) is 25.1 Å². The van der Waals surface area contributed by atoms with Crippen molar-refractivity contribution in [3.63, 3.8) is 0 Å². The van der Waals surface area contributed by atoms with Crippen molar-refractivity contribution in [2.75, 3.05) is 0 Å². The molecule has 0 saturated carbocycles. The van der Waals surface area contributed by atoms with Crippen molar-refractivity contribution < 1.29 is 17.7 Å². The van der Waals surface area contributed by atoms with Crippen LogP contribution in [0.5, 0.6) is 5.75 Å². The Kier molecular flexibility index (Phi) is 6.80. The molecule has 2 rings (SSSR count). The number of phenols is 1. The Hall–Kier alpha value is -1.85. The zero-order valence-electron chi connectivity index (χ0n) is 19.7. The predicted molar refractivity (Wildman–Crippen MR) is 123 cm³/mol. The fraction of sp³-hybridized carbons (Fsp3) is 0.520. The number of aromatic hydroxyl groups is 1. The summed E-state index contributed by atoms with van der Waals surface area (Å²) in [4.78, 5) is 0.182. The Bertz CT molecular complexity index is 971. The fourth-order valence-corrected chi connectivity index (χ4v) is 4.96. The molecule has 0 bridgehead atoms. The lowest BCUT2D eigenvalue weighted by atomic mass is 9.77. The van der Waals surface area contributed by atoms with E-state index in [-0.39, 0.29) is 27.4 Å². The minimum absolute atomic E-state index is 0.0889. The second-order valence-electron chi connectivity index (χ2n) is 10.4. The minimum atomic E-state index is -3.95. The first-order valence-electron chi connectivity index (χ1n) is 10.4. The van der Waals surface area contributed by atoms with Crippen molar-refractivity contribution in [1.82, 2.24) is 0 Å². The van der Waals surface area contributed by atoms with Gasteiger partial charge in [-0.1, -0.05) is 73.6 Å². The van der Waals surface area contributed by atoms with Gasteiger partial charge in [-0.3, -0.25) is 4.18 Å². The van der Waals surface area contributed by atoms with Crippen LogP contribution >= 0.6 is 0 Å². The summed E-state index contributed by atoms with van der Waals surface area (Å²) in [6, 6.07) is 10.6. The SMILES string of the molecule is Cc1ccccc1S(=O)(=O)OC(c1cc(C(C)(C)C)c(O)c(C(C)(C)C)c1)C(C)C. The van der Waals surface area contributed by atoms with Crippen molar-refractivity contribution in [1.29, 1.82) is 0 Å². The highest BCUT2D eigenvalue weighted by Gasteiger charge is 2.32. The molecule has 0 spiro atoms. The summed E-state index contributed by atoms with van der Waals surface area (Å²) in [5.41, 5.74) is 2.36. The molecule has 1 unspecified atom stereocenters. The molecule has 2 aromatic carbocycles. The minimum Gasteiger partial charge on any atom is -0.507 e. The largest absolute Gasteiger partial charge is 0.507 e. The Morgan fingerprint density at radius 2 is 1.37 bits per heavy atom. The molecule has 0 aliphatic heterocycles. The van der Waals surface area contributed by atoms with Crippen molar-refractivity contribution >= 4 is 10.1 Å². The zero-order chi connectivity index (χ0) is 23.1. The van der Waals surface area contributed by atoms with Crippen molar-refractivity contribution in [2.24, 2.45) is 5.92 Å². The first-order valence-corrected chi connectivity index (χ1v) is 11.8. The van der Waals surface area contributed by atoms with Crippen LogP contribution in [0.15, 0.2) is 41.3 Å². The van der Waals surface area contributed by atoms with Gasteiger partial charge in [0.15, 0.2) is 0 Å².